The summed E-state index contributed by atoms with van der Waals surface area (Å²) in [5.41, 5.74) is 2.20. The fourth-order valence-corrected chi connectivity index (χ4v) is 2.37. The molecule has 23 heavy (non-hydrogen) atoms. The second kappa shape index (κ2) is 8.34. The van der Waals surface area contributed by atoms with Gasteiger partial charge in [0.2, 0.25) is 0 Å². The van der Waals surface area contributed by atoms with Crippen molar-refractivity contribution in [2.75, 3.05) is 27.2 Å². The van der Waals surface area contributed by atoms with Gasteiger partial charge in [0.1, 0.15) is 5.75 Å². The maximum absolute atomic E-state index is 12.2. The highest BCUT2D eigenvalue weighted by molar-refractivity contribution is 5.78. The summed E-state index contributed by atoms with van der Waals surface area (Å²) in [6.07, 6.45) is 0. The van der Waals surface area contributed by atoms with E-state index in [0.29, 0.717) is 5.75 Å². The molecule has 2 aromatic carbocycles. The first-order valence-corrected chi connectivity index (χ1v) is 7.73. The van der Waals surface area contributed by atoms with Gasteiger partial charge >= 0.3 is 0 Å². The van der Waals surface area contributed by atoms with E-state index in [-0.39, 0.29) is 18.6 Å². The number of likely N-dealkylation sites (N-methyl/N-ethyl adjacent to an activating group) is 1. The molecule has 0 bridgehead atoms. The van der Waals surface area contributed by atoms with E-state index in [1.807, 2.05) is 75.6 Å². The lowest BCUT2D eigenvalue weighted by molar-refractivity contribution is -0.124. The van der Waals surface area contributed by atoms with Crippen LogP contribution in [0.2, 0.25) is 0 Å². The van der Waals surface area contributed by atoms with Crippen LogP contribution in [0, 0.1) is 6.92 Å². The Hall–Kier alpha value is -2.33. The van der Waals surface area contributed by atoms with E-state index in [4.69, 9.17) is 4.74 Å². The number of nitrogens with one attached hydrogen (secondary N) is 1. The second-order valence-electron chi connectivity index (χ2n) is 5.90. The van der Waals surface area contributed by atoms with Crippen molar-refractivity contribution in [1.82, 2.24) is 10.2 Å². The van der Waals surface area contributed by atoms with Gasteiger partial charge in [0.05, 0.1) is 6.04 Å². The van der Waals surface area contributed by atoms with E-state index in [1.54, 1.807) is 0 Å². The predicted molar refractivity (Wildman–Crippen MR) is 92.6 cm³/mol. The lowest BCUT2D eigenvalue weighted by atomic mass is 10.1. The van der Waals surface area contributed by atoms with Crippen LogP contribution in [0.5, 0.6) is 5.75 Å². The van der Waals surface area contributed by atoms with Crippen LogP contribution in [0.25, 0.3) is 0 Å². The Morgan fingerprint density at radius 3 is 2.52 bits per heavy atom. The SMILES string of the molecule is Cc1cccc(OCC(=O)N[C@@H](CN(C)C)c2ccccc2)c1. The van der Waals surface area contributed by atoms with Crippen molar-refractivity contribution >= 4 is 5.91 Å². The summed E-state index contributed by atoms with van der Waals surface area (Å²) in [4.78, 5) is 14.3. The molecule has 2 rings (SSSR count). The number of aryl methyl sites for hydroxylation is 1. The van der Waals surface area contributed by atoms with E-state index in [1.165, 1.54) is 0 Å². The van der Waals surface area contributed by atoms with E-state index in [9.17, 15) is 4.79 Å². The van der Waals surface area contributed by atoms with Crippen LogP contribution in [0.15, 0.2) is 54.6 Å². The lowest BCUT2D eigenvalue weighted by Gasteiger charge is -2.23. The largest absolute Gasteiger partial charge is 0.484 e. The Balaban J connectivity index is 1.95. The van der Waals surface area contributed by atoms with Gasteiger partial charge in [0.25, 0.3) is 5.91 Å². The van der Waals surface area contributed by atoms with Crippen LogP contribution in [0.4, 0.5) is 0 Å². The molecule has 0 aliphatic rings. The number of nitrogens with zero attached hydrogens (tertiary/aromatic N) is 1. The van der Waals surface area contributed by atoms with Crippen molar-refractivity contribution in [2.45, 2.75) is 13.0 Å². The van der Waals surface area contributed by atoms with Crippen molar-refractivity contribution < 1.29 is 9.53 Å². The third-order valence-electron chi connectivity index (χ3n) is 3.44. The Bertz CT molecular complexity index is 626. The molecule has 2 aromatic rings. The molecule has 122 valence electrons. The summed E-state index contributed by atoms with van der Waals surface area (Å²) < 4.78 is 5.56. The molecule has 0 saturated heterocycles. The van der Waals surface area contributed by atoms with Crippen LogP contribution in [-0.2, 0) is 4.79 Å². The fraction of sp³-hybridized carbons (Fsp3) is 0.316. The molecule has 0 unspecified atom stereocenters. The minimum Gasteiger partial charge on any atom is -0.484 e. The highest BCUT2D eigenvalue weighted by Crippen LogP contribution is 2.14. The number of carbonyl (C=O) groups is 1. The molecular formula is C19H24N2O2. The zero-order chi connectivity index (χ0) is 16.7. The van der Waals surface area contributed by atoms with Crippen LogP contribution in [0.3, 0.4) is 0 Å². The standard InChI is InChI=1S/C19H24N2O2/c1-15-8-7-11-17(12-15)23-14-19(22)20-18(13-21(2)3)16-9-5-4-6-10-16/h4-12,18H,13-14H2,1-3H3,(H,20,22)/t18-/m0/s1. The van der Waals surface area contributed by atoms with Gasteiger partial charge in [0.15, 0.2) is 6.61 Å². The molecule has 0 aliphatic heterocycles. The van der Waals surface area contributed by atoms with Gasteiger partial charge in [-0.2, -0.15) is 0 Å². The smallest absolute Gasteiger partial charge is 0.258 e. The number of amides is 1. The number of carbonyl (C=O) groups excluding carboxylic acids is 1. The minimum atomic E-state index is -0.123. The average molecular weight is 312 g/mol. The van der Waals surface area contributed by atoms with Gasteiger partial charge in [-0.05, 0) is 44.3 Å². The molecule has 0 heterocycles. The summed E-state index contributed by atoms with van der Waals surface area (Å²) in [7, 11) is 3.98. The third-order valence-corrected chi connectivity index (χ3v) is 3.44. The summed E-state index contributed by atoms with van der Waals surface area (Å²) in [5, 5.41) is 3.04. The molecule has 4 heteroatoms. The number of hydrogen-bond donors (Lipinski definition) is 1. The Morgan fingerprint density at radius 2 is 1.87 bits per heavy atom. The monoisotopic (exact) mass is 312 g/mol. The van der Waals surface area contributed by atoms with Crippen molar-refractivity contribution in [3.63, 3.8) is 0 Å². The molecule has 4 nitrogen and oxygen atoms in total. The van der Waals surface area contributed by atoms with Gasteiger partial charge in [-0.1, -0.05) is 42.5 Å². The summed E-state index contributed by atoms with van der Waals surface area (Å²) >= 11 is 0. The fourth-order valence-electron chi connectivity index (χ4n) is 2.37. The highest BCUT2D eigenvalue weighted by atomic mass is 16.5. The molecule has 1 N–H and O–H groups in total. The molecule has 0 aliphatic carbocycles. The van der Waals surface area contributed by atoms with Gasteiger partial charge in [-0.3, -0.25) is 4.79 Å². The van der Waals surface area contributed by atoms with E-state index in [2.05, 4.69) is 10.2 Å². The predicted octanol–water partition coefficient (Wildman–Crippen LogP) is 2.79. The maximum atomic E-state index is 12.2. The van der Waals surface area contributed by atoms with Gasteiger partial charge in [-0.15, -0.1) is 0 Å². The summed E-state index contributed by atoms with van der Waals surface area (Å²) in [6.45, 7) is 2.75. The minimum absolute atomic E-state index is 0.0141. The van der Waals surface area contributed by atoms with Crippen LogP contribution in [-0.4, -0.2) is 38.1 Å². The molecule has 0 radical (unpaired) electrons. The third kappa shape index (κ3) is 5.75. The van der Waals surface area contributed by atoms with Crippen LogP contribution in [0.1, 0.15) is 17.2 Å². The topological polar surface area (TPSA) is 41.6 Å². The first kappa shape index (κ1) is 17.0. The molecule has 0 aromatic heterocycles. The number of benzene rings is 2. The van der Waals surface area contributed by atoms with Crippen molar-refractivity contribution in [3.8, 4) is 5.75 Å². The van der Waals surface area contributed by atoms with Gasteiger partial charge in [0, 0.05) is 6.54 Å². The zero-order valence-electron chi connectivity index (χ0n) is 14.0. The van der Waals surface area contributed by atoms with Gasteiger partial charge in [-0.25, -0.2) is 0 Å². The highest BCUT2D eigenvalue weighted by Gasteiger charge is 2.15. The number of rotatable bonds is 7. The Labute approximate surface area is 138 Å². The van der Waals surface area contributed by atoms with Crippen LogP contribution < -0.4 is 10.1 Å². The lowest BCUT2D eigenvalue weighted by Crippen LogP contribution is -2.37. The molecular weight excluding hydrogens is 288 g/mol. The molecule has 0 fully saturated rings. The Morgan fingerprint density at radius 1 is 1.13 bits per heavy atom. The molecule has 1 amide bonds. The Kier molecular flexibility index (Phi) is 6.18. The van der Waals surface area contributed by atoms with E-state index >= 15 is 0 Å². The summed E-state index contributed by atoms with van der Waals surface area (Å²) in [6, 6.07) is 17.6. The number of hydrogen-bond acceptors (Lipinski definition) is 3. The van der Waals surface area contributed by atoms with E-state index in [0.717, 1.165) is 17.7 Å². The number of ether oxygens (including phenoxy) is 1. The quantitative estimate of drug-likeness (QED) is 0.855. The molecule has 0 saturated carbocycles. The van der Waals surface area contributed by atoms with Gasteiger partial charge < -0.3 is 15.0 Å². The maximum Gasteiger partial charge on any atom is 0.258 e. The average Bonchev–Trinajstić information content (AvgIpc) is 2.53. The van der Waals surface area contributed by atoms with Crippen molar-refractivity contribution in [1.29, 1.82) is 0 Å². The first-order chi connectivity index (χ1) is 11.0. The molecule has 0 spiro atoms. The van der Waals surface area contributed by atoms with E-state index < -0.39 is 0 Å². The van der Waals surface area contributed by atoms with Crippen molar-refractivity contribution in [3.05, 3.63) is 65.7 Å². The van der Waals surface area contributed by atoms with Crippen LogP contribution >= 0.6 is 0 Å². The molecule has 1 atom stereocenters. The summed E-state index contributed by atoms with van der Waals surface area (Å²) in [5.74, 6) is 0.589. The zero-order valence-corrected chi connectivity index (χ0v) is 14.0. The first-order valence-electron chi connectivity index (χ1n) is 7.73. The van der Waals surface area contributed by atoms with Crippen molar-refractivity contribution in [2.24, 2.45) is 0 Å². The normalized spacial score (nSPS) is 12.0. The second-order valence-corrected chi connectivity index (χ2v) is 5.90.